The molecule has 0 spiro atoms. The van der Waals surface area contributed by atoms with Crippen LogP contribution in [0.25, 0.3) is 0 Å². The van der Waals surface area contributed by atoms with E-state index in [1.807, 2.05) is 31.2 Å². The molecule has 2 aromatic rings. The Morgan fingerprint density at radius 1 is 1.12 bits per heavy atom. The Labute approximate surface area is 155 Å². The van der Waals surface area contributed by atoms with Gasteiger partial charge in [-0.2, -0.15) is 0 Å². The van der Waals surface area contributed by atoms with Crippen molar-refractivity contribution in [3.63, 3.8) is 0 Å². The average Bonchev–Trinajstić information content (AvgIpc) is 2.57. The van der Waals surface area contributed by atoms with Crippen molar-refractivity contribution >= 4 is 28.9 Å². The first-order chi connectivity index (χ1) is 12.4. The largest absolute Gasteiger partial charge is 0.351 e. The molecule has 1 aliphatic heterocycles. The Balaban J connectivity index is 1.97. The molecule has 3 N–H and O–H groups in total. The number of nitrogens with one attached hydrogen (secondary N) is 3. The topological polar surface area (TPSA) is 53.2 Å². The summed E-state index contributed by atoms with van der Waals surface area (Å²) < 4.78 is 26.5. The molecule has 134 valence electrons. The number of aryl methyl sites for hydroxylation is 1. The van der Waals surface area contributed by atoms with Crippen molar-refractivity contribution in [2.24, 2.45) is 0 Å². The number of allylic oxidation sites excluding steroid dienone is 1. The van der Waals surface area contributed by atoms with Crippen LogP contribution in [0, 0.1) is 18.6 Å². The molecule has 7 heteroatoms. The van der Waals surface area contributed by atoms with E-state index < -0.39 is 23.6 Å². The Morgan fingerprint density at radius 2 is 1.85 bits per heavy atom. The first-order valence-corrected chi connectivity index (χ1v) is 8.38. The van der Waals surface area contributed by atoms with Crippen molar-refractivity contribution in [1.82, 2.24) is 10.6 Å². The second-order valence-corrected chi connectivity index (χ2v) is 6.42. The first-order valence-electron chi connectivity index (χ1n) is 7.97. The number of rotatable bonds is 3. The highest BCUT2D eigenvalue weighted by atomic mass is 32.1. The number of hydrogen-bond acceptors (Lipinski definition) is 2. The summed E-state index contributed by atoms with van der Waals surface area (Å²) in [6.45, 7) is 3.70. The molecule has 0 unspecified atom stereocenters. The average molecular weight is 373 g/mol. The number of carbonyl (C=O) groups excluding carboxylic acids is 1. The Morgan fingerprint density at radius 3 is 2.54 bits per heavy atom. The smallest absolute Gasteiger partial charge is 0.255 e. The van der Waals surface area contributed by atoms with E-state index in [9.17, 15) is 13.6 Å². The summed E-state index contributed by atoms with van der Waals surface area (Å²) in [4.78, 5) is 12.9. The lowest BCUT2D eigenvalue weighted by atomic mass is 9.92. The number of benzene rings is 2. The zero-order chi connectivity index (χ0) is 18.8. The minimum absolute atomic E-state index is 0.172. The van der Waals surface area contributed by atoms with Gasteiger partial charge in [-0.05, 0) is 49.3 Å². The zero-order valence-corrected chi connectivity index (χ0v) is 15.0. The van der Waals surface area contributed by atoms with E-state index in [1.165, 1.54) is 6.07 Å². The third-order valence-corrected chi connectivity index (χ3v) is 4.41. The van der Waals surface area contributed by atoms with Crippen LogP contribution in [0.3, 0.4) is 0 Å². The molecule has 4 nitrogen and oxygen atoms in total. The van der Waals surface area contributed by atoms with Gasteiger partial charge in [0.05, 0.1) is 11.6 Å². The zero-order valence-electron chi connectivity index (χ0n) is 14.2. The quantitative estimate of drug-likeness (QED) is 0.718. The van der Waals surface area contributed by atoms with E-state index in [2.05, 4.69) is 16.0 Å². The van der Waals surface area contributed by atoms with Crippen LogP contribution in [0.2, 0.25) is 0 Å². The van der Waals surface area contributed by atoms with Gasteiger partial charge in [0.25, 0.3) is 5.91 Å². The van der Waals surface area contributed by atoms with Crippen LogP contribution in [0.4, 0.5) is 14.5 Å². The second-order valence-electron chi connectivity index (χ2n) is 6.01. The predicted octanol–water partition coefficient (Wildman–Crippen LogP) is 3.70. The lowest BCUT2D eigenvalue weighted by Gasteiger charge is -2.31. The summed E-state index contributed by atoms with van der Waals surface area (Å²) in [7, 11) is 0. The maximum Gasteiger partial charge on any atom is 0.255 e. The number of anilines is 1. The summed E-state index contributed by atoms with van der Waals surface area (Å²) in [5.74, 6) is -2.42. The minimum atomic E-state index is -1.02. The monoisotopic (exact) mass is 373 g/mol. The van der Waals surface area contributed by atoms with Crippen LogP contribution in [-0.2, 0) is 4.79 Å². The van der Waals surface area contributed by atoms with Crippen LogP contribution in [0.5, 0.6) is 0 Å². The highest BCUT2D eigenvalue weighted by molar-refractivity contribution is 7.80. The maximum absolute atomic E-state index is 13.4. The number of amides is 1. The Hall–Kier alpha value is -2.80. The molecule has 0 saturated heterocycles. The molecule has 0 bridgehead atoms. The second kappa shape index (κ2) is 7.21. The van der Waals surface area contributed by atoms with Crippen LogP contribution in [0.15, 0.2) is 53.7 Å². The Bertz CT molecular complexity index is 927. The summed E-state index contributed by atoms with van der Waals surface area (Å²) in [6, 6.07) is 10.4. The van der Waals surface area contributed by atoms with Gasteiger partial charge in [-0.1, -0.05) is 24.3 Å². The molecule has 0 radical (unpaired) electrons. The van der Waals surface area contributed by atoms with Crippen LogP contribution in [-0.4, -0.2) is 11.0 Å². The van der Waals surface area contributed by atoms with Crippen molar-refractivity contribution < 1.29 is 13.6 Å². The van der Waals surface area contributed by atoms with Gasteiger partial charge in [0, 0.05) is 17.5 Å². The van der Waals surface area contributed by atoms with Gasteiger partial charge in [-0.3, -0.25) is 4.79 Å². The number of thiocarbonyl (C=S) groups is 1. The van der Waals surface area contributed by atoms with E-state index >= 15 is 0 Å². The standard InChI is InChI=1S/C19H17F2N3OS/c1-10-5-3-4-6-13(10)17-16(11(2)22-19(26)24-17)18(25)23-12-7-8-14(20)15(21)9-12/h3-9,17H,1-2H3,(H,23,25)(H2,22,24,26)/t17-/m1/s1. The van der Waals surface area contributed by atoms with Gasteiger partial charge in [-0.25, -0.2) is 8.78 Å². The van der Waals surface area contributed by atoms with E-state index in [0.29, 0.717) is 16.4 Å². The minimum Gasteiger partial charge on any atom is -0.351 e. The third-order valence-electron chi connectivity index (χ3n) is 4.19. The highest BCUT2D eigenvalue weighted by Gasteiger charge is 2.30. The molecule has 1 aliphatic rings. The first kappa shape index (κ1) is 18.0. The molecule has 0 aliphatic carbocycles. The lowest BCUT2D eigenvalue weighted by molar-refractivity contribution is -0.113. The number of halogens is 2. The molecule has 1 atom stereocenters. The van der Waals surface area contributed by atoms with Crippen LogP contribution < -0.4 is 16.0 Å². The third kappa shape index (κ3) is 3.57. The number of hydrogen-bond donors (Lipinski definition) is 3. The fourth-order valence-electron chi connectivity index (χ4n) is 2.91. The van der Waals surface area contributed by atoms with Gasteiger partial charge in [-0.15, -0.1) is 0 Å². The summed E-state index contributed by atoms with van der Waals surface area (Å²) in [6.07, 6.45) is 0. The fraction of sp³-hybridized carbons (Fsp3) is 0.158. The molecule has 3 rings (SSSR count). The molecule has 0 aromatic heterocycles. The van der Waals surface area contributed by atoms with Crippen LogP contribution >= 0.6 is 12.2 Å². The van der Waals surface area contributed by atoms with E-state index in [1.54, 1.807) is 6.92 Å². The van der Waals surface area contributed by atoms with Gasteiger partial charge in [0.2, 0.25) is 0 Å². The molecule has 2 aromatic carbocycles. The van der Waals surface area contributed by atoms with Gasteiger partial charge < -0.3 is 16.0 Å². The van der Waals surface area contributed by atoms with Gasteiger partial charge in [0.15, 0.2) is 16.7 Å². The Kier molecular flexibility index (Phi) is 4.99. The summed E-state index contributed by atoms with van der Waals surface area (Å²) >= 11 is 5.22. The van der Waals surface area contributed by atoms with E-state index in [0.717, 1.165) is 23.3 Å². The fourth-order valence-corrected chi connectivity index (χ4v) is 3.18. The van der Waals surface area contributed by atoms with Crippen molar-refractivity contribution in [1.29, 1.82) is 0 Å². The molecule has 1 heterocycles. The molecule has 0 fully saturated rings. The normalized spacial score (nSPS) is 16.8. The highest BCUT2D eigenvalue weighted by Crippen LogP contribution is 2.29. The molecule has 0 saturated carbocycles. The summed E-state index contributed by atoms with van der Waals surface area (Å²) in [5, 5.41) is 9.08. The molecular weight excluding hydrogens is 356 g/mol. The number of carbonyl (C=O) groups is 1. The van der Waals surface area contributed by atoms with Gasteiger partial charge in [0.1, 0.15) is 0 Å². The van der Waals surface area contributed by atoms with Crippen molar-refractivity contribution in [2.45, 2.75) is 19.9 Å². The SMILES string of the molecule is CC1=C(C(=O)Nc2ccc(F)c(F)c2)[C@@H](c2ccccc2C)NC(=S)N1. The van der Waals surface area contributed by atoms with Gasteiger partial charge >= 0.3 is 0 Å². The van der Waals surface area contributed by atoms with Crippen molar-refractivity contribution in [3.8, 4) is 0 Å². The molecule has 1 amide bonds. The van der Waals surface area contributed by atoms with Crippen molar-refractivity contribution in [3.05, 3.63) is 76.5 Å². The maximum atomic E-state index is 13.4. The summed E-state index contributed by atoms with van der Waals surface area (Å²) in [5.41, 5.74) is 3.11. The van der Waals surface area contributed by atoms with Crippen molar-refractivity contribution in [2.75, 3.05) is 5.32 Å². The van der Waals surface area contributed by atoms with E-state index in [-0.39, 0.29) is 5.69 Å². The molecule has 26 heavy (non-hydrogen) atoms. The lowest BCUT2D eigenvalue weighted by Crippen LogP contribution is -2.46. The van der Waals surface area contributed by atoms with E-state index in [4.69, 9.17) is 12.2 Å². The molecular formula is C19H17F2N3OS. The van der Waals surface area contributed by atoms with Crippen LogP contribution in [0.1, 0.15) is 24.1 Å². The predicted molar refractivity (Wildman–Crippen MR) is 100 cm³/mol.